The molecular weight excluding hydrogens is 310 g/mol. The lowest BCUT2D eigenvalue weighted by Gasteiger charge is -2.21. The van der Waals surface area contributed by atoms with Gasteiger partial charge >= 0.3 is 0 Å². The summed E-state index contributed by atoms with van der Waals surface area (Å²) in [4.78, 5) is 0. The largest absolute Gasteiger partial charge is 0.306 e. The Morgan fingerprint density at radius 3 is 2.15 bits per heavy atom. The van der Waals surface area contributed by atoms with Crippen molar-refractivity contribution in [3.05, 3.63) is 68.7 Å². The van der Waals surface area contributed by atoms with Gasteiger partial charge in [-0.3, -0.25) is 0 Å². The standard InChI is InChI=1S/C18H22BrN/c1-5-20-18(15-9-13(3)8-14(4)10-15)16-7-6-12(2)11-17(16)19/h6-11,18,20H,5H2,1-4H3. The monoisotopic (exact) mass is 331 g/mol. The Morgan fingerprint density at radius 2 is 1.60 bits per heavy atom. The number of hydrogen-bond donors (Lipinski definition) is 1. The first-order valence-corrected chi connectivity index (χ1v) is 7.88. The van der Waals surface area contributed by atoms with E-state index in [-0.39, 0.29) is 6.04 Å². The predicted molar refractivity (Wildman–Crippen MR) is 90.3 cm³/mol. The first-order chi connectivity index (χ1) is 9.51. The molecule has 1 N–H and O–H groups in total. The van der Waals surface area contributed by atoms with Gasteiger partial charge in [0.25, 0.3) is 0 Å². The number of rotatable bonds is 4. The van der Waals surface area contributed by atoms with Crippen molar-refractivity contribution in [2.75, 3.05) is 6.54 Å². The van der Waals surface area contributed by atoms with Crippen LogP contribution < -0.4 is 5.32 Å². The van der Waals surface area contributed by atoms with E-state index in [0.29, 0.717) is 0 Å². The first-order valence-electron chi connectivity index (χ1n) is 7.09. The average molecular weight is 332 g/mol. The minimum absolute atomic E-state index is 0.230. The van der Waals surface area contributed by atoms with Crippen molar-refractivity contribution in [1.82, 2.24) is 5.32 Å². The van der Waals surface area contributed by atoms with E-state index < -0.39 is 0 Å². The summed E-state index contributed by atoms with van der Waals surface area (Å²) in [5.74, 6) is 0. The van der Waals surface area contributed by atoms with Crippen molar-refractivity contribution in [3.8, 4) is 0 Å². The van der Waals surface area contributed by atoms with Gasteiger partial charge in [-0.1, -0.05) is 64.3 Å². The molecule has 0 heterocycles. The summed E-state index contributed by atoms with van der Waals surface area (Å²) >= 11 is 3.71. The van der Waals surface area contributed by atoms with Gasteiger partial charge in [0.2, 0.25) is 0 Å². The van der Waals surface area contributed by atoms with E-state index in [9.17, 15) is 0 Å². The molecule has 0 aliphatic heterocycles. The lowest BCUT2D eigenvalue weighted by Crippen LogP contribution is -2.22. The molecule has 2 rings (SSSR count). The highest BCUT2D eigenvalue weighted by atomic mass is 79.9. The molecule has 1 nitrogen and oxygen atoms in total. The summed E-state index contributed by atoms with van der Waals surface area (Å²) in [6.45, 7) is 9.52. The second-order valence-electron chi connectivity index (χ2n) is 5.44. The molecular formula is C18H22BrN. The number of nitrogens with one attached hydrogen (secondary N) is 1. The van der Waals surface area contributed by atoms with Crippen molar-refractivity contribution >= 4 is 15.9 Å². The van der Waals surface area contributed by atoms with Crippen LogP contribution in [0.25, 0.3) is 0 Å². The van der Waals surface area contributed by atoms with Gasteiger partial charge in [0, 0.05) is 4.47 Å². The van der Waals surface area contributed by atoms with E-state index in [1.165, 1.54) is 32.3 Å². The highest BCUT2D eigenvalue weighted by Gasteiger charge is 2.16. The van der Waals surface area contributed by atoms with Gasteiger partial charge in [0.05, 0.1) is 6.04 Å². The number of halogens is 1. The number of benzene rings is 2. The van der Waals surface area contributed by atoms with Crippen molar-refractivity contribution in [2.24, 2.45) is 0 Å². The summed E-state index contributed by atoms with van der Waals surface area (Å²) in [6.07, 6.45) is 0. The Balaban J connectivity index is 2.49. The second-order valence-corrected chi connectivity index (χ2v) is 6.29. The van der Waals surface area contributed by atoms with Gasteiger partial charge in [-0.2, -0.15) is 0 Å². The van der Waals surface area contributed by atoms with Crippen LogP contribution >= 0.6 is 15.9 Å². The summed E-state index contributed by atoms with van der Waals surface area (Å²) in [6, 6.07) is 13.6. The van der Waals surface area contributed by atoms with Crippen LogP contribution in [-0.4, -0.2) is 6.54 Å². The topological polar surface area (TPSA) is 12.0 Å². The summed E-state index contributed by atoms with van der Waals surface area (Å²) in [5.41, 5.74) is 6.52. The molecule has 20 heavy (non-hydrogen) atoms. The van der Waals surface area contributed by atoms with Gasteiger partial charge < -0.3 is 5.32 Å². The Bertz CT molecular complexity index is 584. The van der Waals surface area contributed by atoms with E-state index in [4.69, 9.17) is 0 Å². The van der Waals surface area contributed by atoms with Crippen LogP contribution in [0.3, 0.4) is 0 Å². The molecule has 2 aromatic carbocycles. The maximum absolute atomic E-state index is 3.71. The van der Waals surface area contributed by atoms with Gasteiger partial charge in [-0.25, -0.2) is 0 Å². The van der Waals surface area contributed by atoms with Crippen molar-refractivity contribution < 1.29 is 0 Å². The lowest BCUT2D eigenvalue weighted by atomic mass is 9.95. The van der Waals surface area contributed by atoms with E-state index in [1.807, 2.05) is 0 Å². The fourth-order valence-corrected chi connectivity index (χ4v) is 3.38. The zero-order valence-corrected chi connectivity index (χ0v) is 14.2. The van der Waals surface area contributed by atoms with Gasteiger partial charge in [-0.15, -0.1) is 0 Å². The average Bonchev–Trinajstić information content (AvgIpc) is 2.35. The fourth-order valence-electron chi connectivity index (χ4n) is 2.65. The SMILES string of the molecule is CCNC(c1cc(C)cc(C)c1)c1ccc(C)cc1Br. The van der Waals surface area contributed by atoms with Gasteiger partial charge in [-0.05, 0) is 50.1 Å². The third kappa shape index (κ3) is 3.50. The van der Waals surface area contributed by atoms with E-state index in [2.05, 4.69) is 85.3 Å². The van der Waals surface area contributed by atoms with E-state index in [1.54, 1.807) is 0 Å². The molecule has 0 spiro atoms. The molecule has 0 aromatic heterocycles. The van der Waals surface area contributed by atoms with Crippen molar-refractivity contribution in [3.63, 3.8) is 0 Å². The molecule has 2 heteroatoms. The lowest BCUT2D eigenvalue weighted by molar-refractivity contribution is 0.627. The summed E-state index contributed by atoms with van der Waals surface area (Å²) in [5, 5.41) is 3.60. The highest BCUT2D eigenvalue weighted by Crippen LogP contribution is 2.30. The normalized spacial score (nSPS) is 12.4. The zero-order valence-electron chi connectivity index (χ0n) is 12.6. The number of aryl methyl sites for hydroxylation is 3. The quantitative estimate of drug-likeness (QED) is 0.824. The Kier molecular flexibility index (Phi) is 5.00. The maximum Gasteiger partial charge on any atom is 0.0587 e. The van der Waals surface area contributed by atoms with Crippen LogP contribution in [-0.2, 0) is 0 Å². The second kappa shape index (κ2) is 6.55. The van der Waals surface area contributed by atoms with Gasteiger partial charge in [0.1, 0.15) is 0 Å². The third-order valence-corrected chi connectivity index (χ3v) is 4.14. The van der Waals surface area contributed by atoms with Crippen LogP contribution in [0.4, 0.5) is 0 Å². The fraction of sp³-hybridized carbons (Fsp3) is 0.333. The first kappa shape index (κ1) is 15.3. The Labute approximate surface area is 130 Å². The van der Waals surface area contributed by atoms with Crippen molar-refractivity contribution in [2.45, 2.75) is 33.7 Å². The molecule has 1 atom stereocenters. The Hall–Kier alpha value is -1.12. The molecule has 0 saturated heterocycles. The van der Waals surface area contributed by atoms with Crippen LogP contribution in [0.5, 0.6) is 0 Å². The smallest absolute Gasteiger partial charge is 0.0587 e. The summed E-state index contributed by atoms with van der Waals surface area (Å²) < 4.78 is 1.17. The molecule has 0 bridgehead atoms. The van der Waals surface area contributed by atoms with E-state index >= 15 is 0 Å². The van der Waals surface area contributed by atoms with Crippen LogP contribution in [0.15, 0.2) is 40.9 Å². The molecule has 0 amide bonds. The van der Waals surface area contributed by atoms with Crippen LogP contribution in [0.1, 0.15) is 40.8 Å². The molecule has 0 saturated carbocycles. The number of hydrogen-bond acceptors (Lipinski definition) is 1. The van der Waals surface area contributed by atoms with E-state index in [0.717, 1.165) is 6.54 Å². The minimum atomic E-state index is 0.230. The zero-order chi connectivity index (χ0) is 14.7. The van der Waals surface area contributed by atoms with Crippen LogP contribution in [0, 0.1) is 20.8 Å². The molecule has 0 radical (unpaired) electrons. The summed E-state index contributed by atoms with van der Waals surface area (Å²) in [7, 11) is 0. The molecule has 2 aromatic rings. The predicted octanol–water partition coefficient (Wildman–Crippen LogP) is 5.07. The Morgan fingerprint density at radius 1 is 0.950 bits per heavy atom. The maximum atomic E-state index is 3.71. The molecule has 106 valence electrons. The van der Waals surface area contributed by atoms with Crippen molar-refractivity contribution in [1.29, 1.82) is 0 Å². The molecule has 0 fully saturated rings. The molecule has 1 unspecified atom stereocenters. The van der Waals surface area contributed by atoms with Crippen LogP contribution in [0.2, 0.25) is 0 Å². The molecule has 0 aliphatic rings. The molecule has 0 aliphatic carbocycles. The van der Waals surface area contributed by atoms with Gasteiger partial charge in [0.15, 0.2) is 0 Å². The highest BCUT2D eigenvalue weighted by molar-refractivity contribution is 9.10. The third-order valence-electron chi connectivity index (χ3n) is 3.45. The minimum Gasteiger partial charge on any atom is -0.306 e.